The van der Waals surface area contributed by atoms with Gasteiger partial charge < -0.3 is 10.2 Å². The Morgan fingerprint density at radius 3 is 2.31 bits per heavy atom. The number of aliphatic carboxylic acids is 2. The quantitative estimate of drug-likeness (QED) is 0.677. The van der Waals surface area contributed by atoms with Crippen molar-refractivity contribution in [2.45, 2.75) is 31.3 Å². The lowest BCUT2D eigenvalue weighted by Crippen LogP contribution is -2.44. The molecule has 1 saturated heterocycles. The molecule has 1 spiro atoms. The average Bonchev–Trinajstić information content (AvgIpc) is 2.66. The van der Waals surface area contributed by atoms with Crippen LogP contribution in [-0.2, 0) is 19.4 Å². The van der Waals surface area contributed by atoms with Gasteiger partial charge in [0.2, 0.25) is 0 Å². The molecule has 1 heterocycles. The summed E-state index contributed by atoms with van der Waals surface area (Å²) in [5.74, 6) is -3.80. The Hall–Kier alpha value is -1.14. The molecule has 3 unspecified atom stereocenters. The van der Waals surface area contributed by atoms with Crippen LogP contribution < -0.4 is 0 Å². The number of hydrogen-bond donors (Lipinski definition) is 2. The Morgan fingerprint density at radius 2 is 1.81 bits per heavy atom. The molecule has 90 valence electrons. The van der Waals surface area contributed by atoms with Crippen LogP contribution in [0.4, 0.5) is 0 Å². The number of rotatable bonds is 2. The predicted molar refractivity (Wildman–Crippen MR) is 50.5 cm³/mol. The number of carboxylic acids is 2. The molecule has 1 aliphatic heterocycles. The van der Waals surface area contributed by atoms with Crippen LogP contribution in [0.2, 0.25) is 0 Å². The van der Waals surface area contributed by atoms with E-state index in [1.807, 2.05) is 0 Å². The van der Waals surface area contributed by atoms with Crippen molar-refractivity contribution in [3.63, 3.8) is 0 Å². The summed E-state index contributed by atoms with van der Waals surface area (Å²) in [6.45, 7) is 0.448. The van der Waals surface area contributed by atoms with Gasteiger partial charge in [-0.25, -0.2) is 9.78 Å². The van der Waals surface area contributed by atoms with Gasteiger partial charge in [-0.15, -0.1) is 0 Å². The van der Waals surface area contributed by atoms with Crippen molar-refractivity contribution < 1.29 is 29.6 Å². The summed E-state index contributed by atoms with van der Waals surface area (Å²) in [7, 11) is 0. The van der Waals surface area contributed by atoms with Gasteiger partial charge in [0.1, 0.15) is 5.60 Å². The lowest BCUT2D eigenvalue weighted by molar-refractivity contribution is -0.318. The lowest BCUT2D eigenvalue weighted by Gasteiger charge is -2.36. The molecule has 6 heteroatoms. The van der Waals surface area contributed by atoms with Crippen molar-refractivity contribution in [2.24, 2.45) is 11.8 Å². The summed E-state index contributed by atoms with van der Waals surface area (Å²) in [5, 5.41) is 18.0. The Bertz CT molecular complexity index is 306. The highest BCUT2D eigenvalue weighted by Gasteiger charge is 2.49. The molecule has 0 aromatic rings. The zero-order chi connectivity index (χ0) is 11.8. The molecule has 2 rings (SSSR count). The van der Waals surface area contributed by atoms with Crippen LogP contribution in [-0.4, -0.2) is 34.4 Å². The summed E-state index contributed by atoms with van der Waals surface area (Å²) in [5.41, 5.74) is -0.574. The molecule has 0 aromatic heterocycles. The minimum atomic E-state index is -1.07. The summed E-state index contributed by atoms with van der Waals surface area (Å²) < 4.78 is 0. The molecule has 16 heavy (non-hydrogen) atoms. The number of hydrogen-bond acceptors (Lipinski definition) is 4. The molecule has 0 aromatic carbocycles. The predicted octanol–water partition coefficient (Wildman–Crippen LogP) is 0.663. The van der Waals surface area contributed by atoms with Crippen LogP contribution in [0.15, 0.2) is 0 Å². The SMILES string of the molecule is O=C(O)C1CCC2(CCOO2)CC1C(=O)O. The van der Waals surface area contributed by atoms with E-state index in [-0.39, 0.29) is 6.42 Å². The molecular formula is C10H14O6. The topological polar surface area (TPSA) is 93.1 Å². The van der Waals surface area contributed by atoms with E-state index < -0.39 is 29.4 Å². The molecule has 0 radical (unpaired) electrons. The van der Waals surface area contributed by atoms with E-state index in [1.165, 1.54) is 0 Å². The van der Waals surface area contributed by atoms with E-state index in [4.69, 9.17) is 20.0 Å². The monoisotopic (exact) mass is 230 g/mol. The van der Waals surface area contributed by atoms with Crippen molar-refractivity contribution in [1.82, 2.24) is 0 Å². The van der Waals surface area contributed by atoms with Crippen LogP contribution in [0.1, 0.15) is 25.7 Å². The van der Waals surface area contributed by atoms with E-state index >= 15 is 0 Å². The molecule has 3 atom stereocenters. The molecule has 1 saturated carbocycles. The van der Waals surface area contributed by atoms with E-state index in [0.717, 1.165) is 0 Å². The van der Waals surface area contributed by atoms with Gasteiger partial charge in [0.05, 0.1) is 18.4 Å². The lowest BCUT2D eigenvalue weighted by atomic mass is 9.70. The second kappa shape index (κ2) is 4.03. The van der Waals surface area contributed by atoms with E-state index in [2.05, 4.69) is 0 Å². The number of carbonyl (C=O) groups is 2. The fourth-order valence-electron chi connectivity index (χ4n) is 2.56. The van der Waals surface area contributed by atoms with Gasteiger partial charge in [-0.05, 0) is 19.3 Å². The van der Waals surface area contributed by atoms with Gasteiger partial charge in [0.25, 0.3) is 0 Å². The van der Waals surface area contributed by atoms with E-state index in [1.54, 1.807) is 0 Å². The summed E-state index contributed by atoms with van der Waals surface area (Å²) >= 11 is 0. The highest BCUT2D eigenvalue weighted by molar-refractivity contribution is 5.80. The fourth-order valence-corrected chi connectivity index (χ4v) is 2.56. The first kappa shape index (κ1) is 11.3. The second-order valence-corrected chi connectivity index (χ2v) is 4.47. The normalized spacial score (nSPS) is 38.8. The van der Waals surface area contributed by atoms with Gasteiger partial charge in [0, 0.05) is 6.42 Å². The first-order valence-corrected chi connectivity index (χ1v) is 5.30. The molecule has 2 N–H and O–H groups in total. The van der Waals surface area contributed by atoms with Gasteiger partial charge in [-0.2, -0.15) is 0 Å². The third-order valence-electron chi connectivity index (χ3n) is 3.50. The minimum Gasteiger partial charge on any atom is -0.481 e. The Labute approximate surface area is 92.1 Å². The van der Waals surface area contributed by atoms with E-state index in [9.17, 15) is 9.59 Å². The van der Waals surface area contributed by atoms with Crippen LogP contribution in [0, 0.1) is 11.8 Å². The molecule has 0 bridgehead atoms. The molecule has 6 nitrogen and oxygen atoms in total. The van der Waals surface area contributed by atoms with Crippen molar-refractivity contribution in [2.75, 3.05) is 6.61 Å². The standard InChI is InChI=1S/C10H14O6/c11-8(12)6-1-2-10(3-4-15-16-10)5-7(6)9(13)14/h6-7H,1-5H2,(H,11,12)(H,13,14). The smallest absolute Gasteiger partial charge is 0.307 e. The zero-order valence-corrected chi connectivity index (χ0v) is 8.72. The molecule has 2 fully saturated rings. The molecule has 1 aliphatic carbocycles. The van der Waals surface area contributed by atoms with Crippen molar-refractivity contribution >= 4 is 11.9 Å². The molecule has 2 aliphatic rings. The van der Waals surface area contributed by atoms with Crippen LogP contribution >= 0.6 is 0 Å². The summed E-state index contributed by atoms with van der Waals surface area (Å²) in [6, 6.07) is 0. The van der Waals surface area contributed by atoms with E-state index in [0.29, 0.717) is 25.9 Å². The summed E-state index contributed by atoms with van der Waals surface area (Å²) in [4.78, 5) is 31.9. The largest absolute Gasteiger partial charge is 0.481 e. The maximum absolute atomic E-state index is 11.0. The van der Waals surface area contributed by atoms with Crippen molar-refractivity contribution in [3.05, 3.63) is 0 Å². The first-order chi connectivity index (χ1) is 7.54. The maximum Gasteiger partial charge on any atom is 0.307 e. The zero-order valence-electron chi connectivity index (χ0n) is 8.72. The third-order valence-corrected chi connectivity index (χ3v) is 3.50. The highest BCUT2D eigenvalue weighted by atomic mass is 17.2. The third kappa shape index (κ3) is 1.90. The summed E-state index contributed by atoms with van der Waals surface area (Å²) in [6.07, 6.45) is 1.74. The van der Waals surface area contributed by atoms with Crippen molar-refractivity contribution in [3.8, 4) is 0 Å². The Morgan fingerprint density at radius 1 is 1.12 bits per heavy atom. The maximum atomic E-state index is 11.0. The van der Waals surface area contributed by atoms with Gasteiger partial charge >= 0.3 is 11.9 Å². The van der Waals surface area contributed by atoms with Gasteiger partial charge in [-0.1, -0.05) is 0 Å². The van der Waals surface area contributed by atoms with Gasteiger partial charge in [-0.3, -0.25) is 9.59 Å². The Balaban J connectivity index is 2.14. The minimum absolute atomic E-state index is 0.222. The van der Waals surface area contributed by atoms with Crippen LogP contribution in [0.25, 0.3) is 0 Å². The Kier molecular flexibility index (Phi) is 2.86. The average molecular weight is 230 g/mol. The van der Waals surface area contributed by atoms with Crippen LogP contribution in [0.3, 0.4) is 0 Å². The number of carboxylic acid groups (broad SMARTS) is 2. The molecule has 0 amide bonds. The van der Waals surface area contributed by atoms with Crippen LogP contribution in [0.5, 0.6) is 0 Å². The molecular weight excluding hydrogens is 216 g/mol. The fraction of sp³-hybridized carbons (Fsp3) is 0.800. The highest BCUT2D eigenvalue weighted by Crippen LogP contribution is 2.43. The van der Waals surface area contributed by atoms with Gasteiger partial charge in [0.15, 0.2) is 0 Å². The second-order valence-electron chi connectivity index (χ2n) is 4.47. The first-order valence-electron chi connectivity index (χ1n) is 5.30. The van der Waals surface area contributed by atoms with Crippen molar-refractivity contribution in [1.29, 1.82) is 0 Å².